The highest BCUT2D eigenvalue weighted by molar-refractivity contribution is 5.32. The summed E-state index contributed by atoms with van der Waals surface area (Å²) in [5, 5.41) is 0. The van der Waals surface area contributed by atoms with Gasteiger partial charge in [-0.3, -0.25) is 0 Å². The predicted octanol–water partition coefficient (Wildman–Crippen LogP) is 3.70. The summed E-state index contributed by atoms with van der Waals surface area (Å²) < 4.78 is 0. The van der Waals surface area contributed by atoms with Gasteiger partial charge in [-0.05, 0) is 48.5 Å². The van der Waals surface area contributed by atoms with Crippen LogP contribution in [0.3, 0.4) is 0 Å². The molecule has 2 aliphatic carbocycles. The van der Waals surface area contributed by atoms with Crippen LogP contribution in [-0.4, -0.2) is 5.54 Å². The van der Waals surface area contributed by atoms with Gasteiger partial charge in [0.1, 0.15) is 0 Å². The molecule has 3 rings (SSSR count). The minimum atomic E-state index is 0.164. The SMILES string of the molecule is CC(C)C(c1ccccc1)C1(C2(N)CC2)CC1. The lowest BCUT2D eigenvalue weighted by Crippen LogP contribution is -2.40. The Kier molecular flexibility index (Phi) is 2.38. The van der Waals surface area contributed by atoms with Crippen LogP contribution in [0, 0.1) is 11.3 Å². The molecular formula is C16H23N. The van der Waals surface area contributed by atoms with Gasteiger partial charge < -0.3 is 5.73 Å². The molecule has 1 aromatic rings. The lowest BCUT2D eigenvalue weighted by molar-refractivity contribution is 0.253. The standard InChI is InChI=1S/C16H23N/c1-12(2)14(13-6-4-3-5-7-13)15(8-9-15)16(17)10-11-16/h3-7,12,14H,8-11,17H2,1-2H3. The first-order valence-electron chi connectivity index (χ1n) is 6.93. The van der Waals surface area contributed by atoms with Crippen molar-refractivity contribution in [2.75, 3.05) is 0 Å². The van der Waals surface area contributed by atoms with E-state index >= 15 is 0 Å². The van der Waals surface area contributed by atoms with Gasteiger partial charge in [0.05, 0.1) is 0 Å². The normalized spacial score (nSPS) is 25.6. The second-order valence-corrected chi connectivity index (χ2v) is 6.44. The first kappa shape index (κ1) is 11.3. The first-order chi connectivity index (χ1) is 8.09. The molecule has 0 bridgehead atoms. The molecule has 2 saturated carbocycles. The number of rotatable bonds is 4. The molecule has 0 radical (unpaired) electrons. The lowest BCUT2D eigenvalue weighted by Gasteiger charge is -2.35. The minimum absolute atomic E-state index is 0.164. The Morgan fingerprint density at radius 2 is 1.59 bits per heavy atom. The van der Waals surface area contributed by atoms with E-state index in [1.807, 2.05) is 0 Å². The Labute approximate surface area is 104 Å². The highest BCUT2D eigenvalue weighted by Crippen LogP contribution is 2.70. The third kappa shape index (κ3) is 1.63. The van der Waals surface area contributed by atoms with Crippen LogP contribution in [0.25, 0.3) is 0 Å². The van der Waals surface area contributed by atoms with Gasteiger partial charge in [0, 0.05) is 5.54 Å². The molecule has 2 aliphatic rings. The lowest BCUT2D eigenvalue weighted by atomic mass is 9.71. The summed E-state index contributed by atoms with van der Waals surface area (Å²) in [6.07, 6.45) is 5.15. The van der Waals surface area contributed by atoms with Crippen molar-refractivity contribution < 1.29 is 0 Å². The van der Waals surface area contributed by atoms with Gasteiger partial charge in [-0.2, -0.15) is 0 Å². The van der Waals surface area contributed by atoms with Crippen molar-refractivity contribution in [2.45, 2.75) is 51.0 Å². The maximum absolute atomic E-state index is 6.56. The van der Waals surface area contributed by atoms with Crippen LogP contribution in [-0.2, 0) is 0 Å². The Bertz CT molecular complexity index is 399. The Morgan fingerprint density at radius 3 is 2.00 bits per heavy atom. The molecule has 0 spiro atoms. The van der Waals surface area contributed by atoms with Crippen molar-refractivity contribution in [1.82, 2.24) is 0 Å². The van der Waals surface area contributed by atoms with E-state index in [0.717, 1.165) is 0 Å². The van der Waals surface area contributed by atoms with Crippen LogP contribution < -0.4 is 5.73 Å². The number of hydrogen-bond donors (Lipinski definition) is 1. The number of nitrogens with two attached hydrogens (primary N) is 1. The molecule has 0 aliphatic heterocycles. The quantitative estimate of drug-likeness (QED) is 0.837. The maximum Gasteiger partial charge on any atom is 0.0218 e. The van der Waals surface area contributed by atoms with Crippen LogP contribution in [0.1, 0.15) is 51.0 Å². The molecule has 2 fully saturated rings. The van der Waals surface area contributed by atoms with E-state index < -0.39 is 0 Å². The number of hydrogen-bond acceptors (Lipinski definition) is 1. The molecule has 1 atom stereocenters. The molecule has 1 nitrogen and oxygen atoms in total. The molecule has 1 aromatic carbocycles. The van der Waals surface area contributed by atoms with Crippen molar-refractivity contribution in [1.29, 1.82) is 0 Å². The largest absolute Gasteiger partial charge is 0.325 e. The van der Waals surface area contributed by atoms with Crippen LogP contribution in [0.5, 0.6) is 0 Å². The van der Waals surface area contributed by atoms with Gasteiger partial charge in [-0.15, -0.1) is 0 Å². The molecule has 0 amide bonds. The summed E-state index contributed by atoms with van der Waals surface area (Å²) in [7, 11) is 0. The molecular weight excluding hydrogens is 206 g/mol. The van der Waals surface area contributed by atoms with Crippen molar-refractivity contribution in [3.8, 4) is 0 Å². The second kappa shape index (κ2) is 3.58. The van der Waals surface area contributed by atoms with Gasteiger partial charge >= 0.3 is 0 Å². The fourth-order valence-corrected chi connectivity index (χ4v) is 3.89. The van der Waals surface area contributed by atoms with Gasteiger partial charge in [0.2, 0.25) is 0 Å². The summed E-state index contributed by atoms with van der Waals surface area (Å²) in [6, 6.07) is 11.0. The monoisotopic (exact) mass is 229 g/mol. The van der Waals surface area contributed by atoms with E-state index in [4.69, 9.17) is 5.73 Å². The summed E-state index contributed by atoms with van der Waals surface area (Å²) in [4.78, 5) is 0. The van der Waals surface area contributed by atoms with Gasteiger partial charge in [-0.25, -0.2) is 0 Å². The van der Waals surface area contributed by atoms with Gasteiger partial charge in [0.15, 0.2) is 0 Å². The predicted molar refractivity (Wildman–Crippen MR) is 71.8 cm³/mol. The van der Waals surface area contributed by atoms with Crippen molar-refractivity contribution in [3.63, 3.8) is 0 Å². The van der Waals surface area contributed by atoms with Crippen molar-refractivity contribution in [3.05, 3.63) is 35.9 Å². The summed E-state index contributed by atoms with van der Waals surface area (Å²) in [6.45, 7) is 4.70. The van der Waals surface area contributed by atoms with E-state index in [1.54, 1.807) is 0 Å². The molecule has 1 heteroatoms. The highest BCUT2D eigenvalue weighted by atomic mass is 14.9. The first-order valence-corrected chi connectivity index (χ1v) is 6.93. The average molecular weight is 229 g/mol. The Morgan fingerprint density at radius 1 is 1.00 bits per heavy atom. The van der Waals surface area contributed by atoms with Crippen LogP contribution in [0.15, 0.2) is 30.3 Å². The van der Waals surface area contributed by atoms with Crippen molar-refractivity contribution >= 4 is 0 Å². The van der Waals surface area contributed by atoms with E-state index in [0.29, 0.717) is 17.3 Å². The van der Waals surface area contributed by atoms with Crippen LogP contribution in [0.4, 0.5) is 0 Å². The fraction of sp³-hybridized carbons (Fsp3) is 0.625. The maximum atomic E-state index is 6.56. The smallest absolute Gasteiger partial charge is 0.0218 e. The number of benzene rings is 1. The molecule has 17 heavy (non-hydrogen) atoms. The zero-order valence-corrected chi connectivity index (χ0v) is 10.9. The van der Waals surface area contributed by atoms with Crippen LogP contribution >= 0.6 is 0 Å². The zero-order valence-electron chi connectivity index (χ0n) is 10.9. The molecule has 0 saturated heterocycles. The Hall–Kier alpha value is -0.820. The molecule has 0 aromatic heterocycles. The summed E-state index contributed by atoms with van der Waals surface area (Å²) >= 11 is 0. The van der Waals surface area contributed by atoms with Crippen molar-refractivity contribution in [2.24, 2.45) is 17.1 Å². The molecule has 92 valence electrons. The highest BCUT2D eigenvalue weighted by Gasteiger charge is 2.66. The van der Waals surface area contributed by atoms with E-state index in [9.17, 15) is 0 Å². The van der Waals surface area contributed by atoms with E-state index in [-0.39, 0.29) is 5.54 Å². The molecule has 0 heterocycles. The molecule has 1 unspecified atom stereocenters. The van der Waals surface area contributed by atoms with E-state index in [1.165, 1.54) is 31.2 Å². The summed E-state index contributed by atoms with van der Waals surface area (Å²) in [5.74, 6) is 1.33. The van der Waals surface area contributed by atoms with Crippen LogP contribution in [0.2, 0.25) is 0 Å². The second-order valence-electron chi connectivity index (χ2n) is 6.44. The third-order valence-electron chi connectivity index (χ3n) is 4.99. The Balaban J connectivity index is 1.97. The topological polar surface area (TPSA) is 26.0 Å². The minimum Gasteiger partial charge on any atom is -0.325 e. The average Bonchev–Trinajstić information content (AvgIpc) is 3.18. The fourth-order valence-electron chi connectivity index (χ4n) is 3.89. The third-order valence-corrected chi connectivity index (χ3v) is 4.99. The summed E-state index contributed by atoms with van der Waals surface area (Å²) in [5.41, 5.74) is 8.64. The zero-order chi connectivity index (χ0) is 12.1. The molecule has 2 N–H and O–H groups in total. The van der Waals surface area contributed by atoms with Gasteiger partial charge in [-0.1, -0.05) is 44.2 Å². The van der Waals surface area contributed by atoms with Gasteiger partial charge in [0.25, 0.3) is 0 Å². The van der Waals surface area contributed by atoms with E-state index in [2.05, 4.69) is 44.2 Å².